The molecule has 15 nitrogen and oxygen atoms in total. The van der Waals surface area contributed by atoms with Crippen LogP contribution >= 0.6 is 0 Å². The first-order valence-corrected chi connectivity index (χ1v) is 24.0. The second kappa shape index (κ2) is 24.4. The van der Waals surface area contributed by atoms with E-state index in [4.69, 9.17) is 5.73 Å². The molecule has 368 valence electrons. The van der Waals surface area contributed by atoms with Crippen molar-refractivity contribution in [3.05, 3.63) is 194 Å². The lowest BCUT2D eigenvalue weighted by Crippen LogP contribution is -2.27. The lowest BCUT2D eigenvalue weighted by atomic mass is 10.0. The van der Waals surface area contributed by atoms with Gasteiger partial charge in [-0.05, 0) is 132 Å². The minimum Gasteiger partial charge on any atom is -0.478 e. The fourth-order valence-corrected chi connectivity index (χ4v) is 7.95. The molecule has 10 rings (SSSR count). The van der Waals surface area contributed by atoms with E-state index in [0.29, 0.717) is 17.8 Å². The van der Waals surface area contributed by atoms with Crippen molar-refractivity contribution in [2.24, 2.45) is 5.73 Å². The van der Waals surface area contributed by atoms with Gasteiger partial charge < -0.3 is 26.0 Å². The summed E-state index contributed by atoms with van der Waals surface area (Å²) in [6, 6.07) is 46.3. The number of rotatable bonds is 15. The summed E-state index contributed by atoms with van der Waals surface area (Å²) in [5, 5.41) is 21.5. The first kappa shape index (κ1) is 50.6. The third-order valence-electron chi connectivity index (χ3n) is 11.8. The number of nitrogens with one attached hydrogen (secondary N) is 1. The second-order valence-electron chi connectivity index (χ2n) is 17.7. The fourth-order valence-electron chi connectivity index (χ4n) is 7.95. The highest BCUT2D eigenvalue weighted by molar-refractivity contribution is 5.95. The van der Waals surface area contributed by atoms with Gasteiger partial charge in [-0.1, -0.05) is 84.9 Å². The standard InChI is InChI=1S/C29H28N6O.C24H16N4O2.C5H14N2/c1-34(2)15-7-13-31-29(36)24-11-6-10-22(16-24)25-18-28-32-20-27(35(28)33-19-25)23-12-14-30-26(17-23)21-8-4-3-5-9-21;29-24(30)19-8-4-7-17(11-19)20-13-23-26-15-22(28(23)27-14-20)18-9-10-25-21(12-18)16-5-2-1-3-6-16;1-7(2)5-3-4-6/h3-6,8-12,14,16-20H,7,13,15H2,1-2H3,(H,31,36);1-15H,(H,29,30);3-6H2,1-2H3. The molecular formula is C58H58N12O3. The SMILES string of the molecule is CN(C)CCCN.CN(C)CCCNC(=O)c1cccc(-c2cnn3c(-c4ccnc(-c5ccccc5)c4)cnc3c2)c1.O=C(O)c1cccc(-c2cnn3c(-c4ccnc(-c5ccccc5)c4)cnc3c2)c1. The molecule has 4 aromatic carbocycles. The fraction of sp³-hybridized carbons (Fsp3) is 0.172. The molecule has 0 saturated heterocycles. The smallest absolute Gasteiger partial charge is 0.335 e. The minimum absolute atomic E-state index is 0.0698. The van der Waals surface area contributed by atoms with Crippen LogP contribution in [0.2, 0.25) is 0 Å². The molecule has 1 amide bonds. The van der Waals surface area contributed by atoms with Gasteiger partial charge in [-0.2, -0.15) is 10.2 Å². The van der Waals surface area contributed by atoms with Crippen molar-refractivity contribution in [1.29, 1.82) is 0 Å². The summed E-state index contributed by atoms with van der Waals surface area (Å²) in [6.45, 7) is 3.49. The third kappa shape index (κ3) is 13.2. The summed E-state index contributed by atoms with van der Waals surface area (Å²) in [6.07, 6.45) is 12.7. The number of pyridine rings is 2. The van der Waals surface area contributed by atoms with Crippen LogP contribution in [0.3, 0.4) is 0 Å². The van der Waals surface area contributed by atoms with Gasteiger partial charge in [-0.15, -0.1) is 0 Å². The van der Waals surface area contributed by atoms with Gasteiger partial charge in [0.15, 0.2) is 11.3 Å². The van der Waals surface area contributed by atoms with E-state index in [1.807, 2.05) is 159 Å². The number of nitrogens with two attached hydrogens (primary N) is 1. The molecule has 10 aromatic rings. The van der Waals surface area contributed by atoms with E-state index in [2.05, 4.69) is 65.4 Å². The predicted octanol–water partition coefficient (Wildman–Crippen LogP) is 9.53. The molecule has 0 aliphatic heterocycles. The Balaban J connectivity index is 0.000000174. The van der Waals surface area contributed by atoms with E-state index in [-0.39, 0.29) is 11.5 Å². The lowest BCUT2D eigenvalue weighted by molar-refractivity contribution is 0.0696. The van der Waals surface area contributed by atoms with Crippen LogP contribution in [-0.4, -0.2) is 120 Å². The topological polar surface area (TPSA) is 185 Å². The highest BCUT2D eigenvalue weighted by Crippen LogP contribution is 2.29. The minimum atomic E-state index is -0.958. The van der Waals surface area contributed by atoms with E-state index in [1.165, 1.54) is 0 Å². The van der Waals surface area contributed by atoms with Gasteiger partial charge >= 0.3 is 5.97 Å². The Labute approximate surface area is 424 Å². The average Bonchev–Trinajstić information content (AvgIpc) is 4.07. The van der Waals surface area contributed by atoms with Crippen molar-refractivity contribution < 1.29 is 14.7 Å². The normalized spacial score (nSPS) is 11.0. The third-order valence-corrected chi connectivity index (χ3v) is 11.8. The van der Waals surface area contributed by atoms with Gasteiger partial charge in [0.2, 0.25) is 0 Å². The van der Waals surface area contributed by atoms with E-state index in [0.717, 1.165) is 105 Å². The Hall–Kier alpha value is -8.76. The van der Waals surface area contributed by atoms with Crippen molar-refractivity contribution in [2.45, 2.75) is 12.8 Å². The number of fused-ring (bicyclic) bond motifs is 2. The number of amides is 1. The zero-order valence-corrected chi connectivity index (χ0v) is 41.4. The number of carboxylic acids is 1. The van der Waals surface area contributed by atoms with E-state index >= 15 is 0 Å². The zero-order chi connectivity index (χ0) is 51.1. The molecule has 6 aromatic heterocycles. The summed E-state index contributed by atoms with van der Waals surface area (Å²) >= 11 is 0. The van der Waals surface area contributed by atoms with E-state index in [1.54, 1.807) is 41.3 Å². The van der Waals surface area contributed by atoms with Crippen molar-refractivity contribution >= 4 is 23.2 Å². The molecule has 6 heterocycles. The maximum absolute atomic E-state index is 12.6. The maximum atomic E-state index is 12.6. The number of aromatic carboxylic acids is 1. The highest BCUT2D eigenvalue weighted by Gasteiger charge is 2.14. The van der Waals surface area contributed by atoms with Gasteiger partial charge in [0.05, 0.1) is 53.1 Å². The van der Waals surface area contributed by atoms with Crippen molar-refractivity contribution in [1.82, 2.24) is 54.3 Å². The summed E-state index contributed by atoms with van der Waals surface area (Å²) in [5.41, 5.74) is 18.5. The van der Waals surface area contributed by atoms with Crippen LogP contribution in [0.5, 0.6) is 0 Å². The lowest BCUT2D eigenvalue weighted by Gasteiger charge is -2.10. The Morgan fingerprint density at radius 3 is 1.44 bits per heavy atom. The molecule has 15 heteroatoms. The largest absolute Gasteiger partial charge is 0.478 e. The molecule has 0 saturated carbocycles. The van der Waals surface area contributed by atoms with Crippen LogP contribution in [0.15, 0.2) is 183 Å². The van der Waals surface area contributed by atoms with Crippen LogP contribution in [0.4, 0.5) is 0 Å². The first-order valence-electron chi connectivity index (χ1n) is 24.0. The van der Waals surface area contributed by atoms with E-state index in [9.17, 15) is 14.7 Å². The average molecular weight is 971 g/mol. The number of nitrogens with zero attached hydrogens (tertiary/aromatic N) is 10. The summed E-state index contributed by atoms with van der Waals surface area (Å²) in [7, 11) is 8.15. The number of carbonyl (C=O) groups excluding carboxylic acids is 1. The second-order valence-corrected chi connectivity index (χ2v) is 17.7. The number of imidazole rings is 2. The first-order chi connectivity index (χ1) is 35.5. The number of hydrogen-bond donors (Lipinski definition) is 3. The van der Waals surface area contributed by atoms with Crippen molar-refractivity contribution in [3.8, 4) is 67.3 Å². The Kier molecular flexibility index (Phi) is 16.9. The Morgan fingerprint density at radius 1 is 0.507 bits per heavy atom. The number of carboxylic acid groups (broad SMARTS) is 1. The van der Waals surface area contributed by atoms with Gasteiger partial charge in [0, 0.05) is 57.9 Å². The Morgan fingerprint density at radius 2 is 0.973 bits per heavy atom. The highest BCUT2D eigenvalue weighted by atomic mass is 16.4. The van der Waals surface area contributed by atoms with Crippen LogP contribution in [0.25, 0.3) is 78.6 Å². The summed E-state index contributed by atoms with van der Waals surface area (Å²) in [5.74, 6) is -1.03. The molecule has 4 N–H and O–H groups in total. The van der Waals surface area contributed by atoms with Crippen LogP contribution in [0.1, 0.15) is 33.6 Å². The summed E-state index contributed by atoms with van der Waals surface area (Å²) in [4.78, 5) is 46.2. The zero-order valence-electron chi connectivity index (χ0n) is 41.4. The van der Waals surface area contributed by atoms with Crippen molar-refractivity contribution in [3.63, 3.8) is 0 Å². The summed E-state index contributed by atoms with van der Waals surface area (Å²) < 4.78 is 3.60. The molecule has 0 aliphatic rings. The molecule has 0 aliphatic carbocycles. The molecule has 0 radical (unpaired) electrons. The quantitative estimate of drug-likeness (QED) is 0.0828. The number of benzene rings is 4. The molecule has 0 fully saturated rings. The van der Waals surface area contributed by atoms with Gasteiger partial charge in [0.25, 0.3) is 5.91 Å². The number of hydrogen-bond acceptors (Lipinski definition) is 11. The molecule has 0 bridgehead atoms. The van der Waals surface area contributed by atoms with E-state index < -0.39 is 5.97 Å². The maximum Gasteiger partial charge on any atom is 0.335 e. The van der Waals surface area contributed by atoms with Crippen molar-refractivity contribution in [2.75, 3.05) is 54.4 Å². The van der Waals surface area contributed by atoms with Gasteiger partial charge in [-0.3, -0.25) is 14.8 Å². The number of aromatic nitrogens is 8. The van der Waals surface area contributed by atoms with Gasteiger partial charge in [0.1, 0.15) is 0 Å². The van der Waals surface area contributed by atoms with Gasteiger partial charge in [-0.25, -0.2) is 23.8 Å². The Bertz CT molecular complexity index is 3430. The molecule has 73 heavy (non-hydrogen) atoms. The molecule has 0 unspecified atom stereocenters. The predicted molar refractivity (Wildman–Crippen MR) is 289 cm³/mol. The molecular weight excluding hydrogens is 913 g/mol. The van der Waals surface area contributed by atoms with Crippen LogP contribution in [-0.2, 0) is 0 Å². The number of carbonyl (C=O) groups is 2. The molecule has 0 atom stereocenters. The molecule has 0 spiro atoms. The van der Waals surface area contributed by atoms with Crippen LogP contribution in [0, 0.1) is 0 Å². The monoisotopic (exact) mass is 970 g/mol. The van der Waals surface area contributed by atoms with Crippen LogP contribution < -0.4 is 11.1 Å².